The van der Waals surface area contributed by atoms with E-state index >= 15 is 0 Å². The van der Waals surface area contributed by atoms with E-state index in [9.17, 15) is 9.18 Å². The summed E-state index contributed by atoms with van der Waals surface area (Å²) in [5, 5.41) is 2.60. The third kappa shape index (κ3) is 3.55. The molecule has 0 saturated heterocycles. The van der Waals surface area contributed by atoms with Gasteiger partial charge in [0.05, 0.1) is 0 Å². The van der Waals surface area contributed by atoms with Crippen LogP contribution in [0.1, 0.15) is 38.7 Å². The summed E-state index contributed by atoms with van der Waals surface area (Å²) < 4.78 is 13.8. The molecule has 1 amide bonds. The first-order valence-corrected chi connectivity index (χ1v) is 5.81. The number of halogens is 1. The van der Waals surface area contributed by atoms with Gasteiger partial charge in [-0.05, 0) is 17.0 Å². The molecule has 1 rings (SSSR count). The summed E-state index contributed by atoms with van der Waals surface area (Å²) in [5.41, 5.74) is 0.456. The molecule has 0 fully saturated rings. The summed E-state index contributed by atoms with van der Waals surface area (Å²) in [5.74, 6) is -0.423. The predicted molar refractivity (Wildman–Crippen MR) is 67.3 cm³/mol. The summed E-state index contributed by atoms with van der Waals surface area (Å²) in [6, 6.07) is 6.67. The molecular formula is C14H20FNO. The van der Waals surface area contributed by atoms with Crippen molar-refractivity contribution in [2.75, 3.05) is 7.05 Å². The van der Waals surface area contributed by atoms with Crippen LogP contribution in [-0.2, 0) is 4.79 Å². The molecule has 0 aromatic heterocycles. The van der Waals surface area contributed by atoms with E-state index in [-0.39, 0.29) is 23.1 Å². The van der Waals surface area contributed by atoms with Crippen molar-refractivity contribution in [3.8, 4) is 0 Å². The first-order chi connectivity index (χ1) is 7.86. The largest absolute Gasteiger partial charge is 0.359 e. The molecule has 1 N–H and O–H groups in total. The summed E-state index contributed by atoms with van der Waals surface area (Å²) in [7, 11) is 1.60. The molecule has 1 aromatic rings. The van der Waals surface area contributed by atoms with E-state index in [1.807, 2.05) is 20.8 Å². The maximum Gasteiger partial charge on any atom is 0.220 e. The Morgan fingerprint density at radius 1 is 1.35 bits per heavy atom. The van der Waals surface area contributed by atoms with Crippen LogP contribution in [0, 0.1) is 11.2 Å². The number of carbonyl (C=O) groups excluding carboxylic acids is 1. The van der Waals surface area contributed by atoms with Gasteiger partial charge in [-0.2, -0.15) is 0 Å². The van der Waals surface area contributed by atoms with Crippen LogP contribution in [0.2, 0.25) is 0 Å². The highest BCUT2D eigenvalue weighted by molar-refractivity contribution is 5.76. The highest BCUT2D eigenvalue weighted by Crippen LogP contribution is 2.38. The lowest BCUT2D eigenvalue weighted by Crippen LogP contribution is -2.27. The van der Waals surface area contributed by atoms with Crippen LogP contribution in [-0.4, -0.2) is 13.0 Å². The fraction of sp³-hybridized carbons (Fsp3) is 0.500. The van der Waals surface area contributed by atoms with E-state index in [4.69, 9.17) is 0 Å². The van der Waals surface area contributed by atoms with Crippen molar-refractivity contribution in [2.45, 2.75) is 33.1 Å². The van der Waals surface area contributed by atoms with Crippen LogP contribution in [0.5, 0.6) is 0 Å². The molecule has 2 nitrogen and oxygen atoms in total. The van der Waals surface area contributed by atoms with Crippen LogP contribution >= 0.6 is 0 Å². The lowest BCUT2D eigenvalue weighted by molar-refractivity contribution is -0.121. The minimum Gasteiger partial charge on any atom is -0.359 e. The molecule has 0 aliphatic heterocycles. The molecule has 0 aliphatic carbocycles. The van der Waals surface area contributed by atoms with Gasteiger partial charge >= 0.3 is 0 Å². The molecule has 17 heavy (non-hydrogen) atoms. The number of benzene rings is 1. The highest BCUT2D eigenvalue weighted by Gasteiger charge is 2.30. The summed E-state index contributed by atoms with van der Waals surface area (Å²) >= 11 is 0. The second-order valence-corrected chi connectivity index (χ2v) is 5.32. The van der Waals surface area contributed by atoms with E-state index in [1.54, 1.807) is 25.2 Å². The molecule has 3 heteroatoms. The van der Waals surface area contributed by atoms with Gasteiger partial charge in [0.25, 0.3) is 0 Å². The number of hydrogen-bond acceptors (Lipinski definition) is 1. The average molecular weight is 237 g/mol. The van der Waals surface area contributed by atoms with Crippen molar-refractivity contribution in [1.82, 2.24) is 5.32 Å². The van der Waals surface area contributed by atoms with E-state index in [2.05, 4.69) is 5.32 Å². The van der Waals surface area contributed by atoms with E-state index in [1.165, 1.54) is 6.07 Å². The lowest BCUT2D eigenvalue weighted by atomic mass is 9.74. The Bertz CT molecular complexity index is 395. The van der Waals surface area contributed by atoms with Crippen molar-refractivity contribution in [3.05, 3.63) is 35.6 Å². The zero-order chi connectivity index (χ0) is 13.1. The monoisotopic (exact) mass is 237 g/mol. The minimum atomic E-state index is -0.240. The van der Waals surface area contributed by atoms with Crippen molar-refractivity contribution in [2.24, 2.45) is 5.41 Å². The number of carbonyl (C=O) groups is 1. The number of nitrogens with one attached hydrogen (secondary N) is 1. The van der Waals surface area contributed by atoms with Crippen molar-refractivity contribution >= 4 is 5.91 Å². The summed E-state index contributed by atoms with van der Waals surface area (Å²) in [6.45, 7) is 6.06. The van der Waals surface area contributed by atoms with E-state index < -0.39 is 0 Å². The second-order valence-electron chi connectivity index (χ2n) is 5.32. The predicted octanol–water partition coefficient (Wildman–Crippen LogP) is 3.09. The Balaban J connectivity index is 3.07. The molecule has 1 atom stereocenters. The van der Waals surface area contributed by atoms with Crippen LogP contribution in [0.4, 0.5) is 4.39 Å². The topological polar surface area (TPSA) is 29.1 Å². The lowest BCUT2D eigenvalue weighted by Gasteiger charge is -2.30. The Morgan fingerprint density at radius 3 is 2.41 bits per heavy atom. The fourth-order valence-electron chi connectivity index (χ4n) is 1.93. The molecule has 0 radical (unpaired) electrons. The van der Waals surface area contributed by atoms with Gasteiger partial charge < -0.3 is 5.32 Å². The van der Waals surface area contributed by atoms with Gasteiger partial charge in [0.1, 0.15) is 5.82 Å². The maximum absolute atomic E-state index is 13.8. The van der Waals surface area contributed by atoms with Gasteiger partial charge in [-0.25, -0.2) is 4.39 Å². The smallest absolute Gasteiger partial charge is 0.220 e. The normalized spacial score (nSPS) is 13.2. The van der Waals surface area contributed by atoms with E-state index in [0.29, 0.717) is 12.0 Å². The average Bonchev–Trinajstić information content (AvgIpc) is 2.25. The quantitative estimate of drug-likeness (QED) is 0.860. The van der Waals surface area contributed by atoms with Crippen LogP contribution in [0.3, 0.4) is 0 Å². The Morgan fingerprint density at radius 2 is 1.94 bits per heavy atom. The van der Waals surface area contributed by atoms with Gasteiger partial charge in [-0.15, -0.1) is 0 Å². The molecule has 0 aliphatic rings. The number of rotatable bonds is 3. The van der Waals surface area contributed by atoms with E-state index in [0.717, 1.165) is 0 Å². The summed E-state index contributed by atoms with van der Waals surface area (Å²) in [4.78, 5) is 11.5. The van der Waals surface area contributed by atoms with Gasteiger partial charge in [-0.1, -0.05) is 39.0 Å². The maximum atomic E-state index is 13.8. The molecule has 0 spiro atoms. The molecule has 94 valence electrons. The third-order valence-electron chi connectivity index (χ3n) is 2.99. The number of amides is 1. The van der Waals surface area contributed by atoms with Crippen LogP contribution in [0.15, 0.2) is 24.3 Å². The van der Waals surface area contributed by atoms with Crippen LogP contribution < -0.4 is 5.32 Å². The van der Waals surface area contributed by atoms with Crippen molar-refractivity contribution in [3.63, 3.8) is 0 Å². The van der Waals surface area contributed by atoms with Crippen molar-refractivity contribution in [1.29, 1.82) is 0 Å². The first-order valence-electron chi connectivity index (χ1n) is 5.81. The molecule has 0 saturated carbocycles. The number of hydrogen-bond donors (Lipinski definition) is 1. The Labute approximate surface area is 102 Å². The highest BCUT2D eigenvalue weighted by atomic mass is 19.1. The fourth-order valence-corrected chi connectivity index (χ4v) is 1.93. The zero-order valence-corrected chi connectivity index (χ0v) is 10.9. The van der Waals surface area contributed by atoms with Crippen molar-refractivity contribution < 1.29 is 9.18 Å². The second kappa shape index (κ2) is 5.30. The molecule has 1 aromatic carbocycles. The van der Waals surface area contributed by atoms with Gasteiger partial charge in [0.2, 0.25) is 5.91 Å². The zero-order valence-electron chi connectivity index (χ0n) is 10.9. The standard InChI is InChI=1S/C14H20FNO/c1-14(2,3)11(9-13(17)16-4)10-7-5-6-8-12(10)15/h5-8,11H,9H2,1-4H3,(H,16,17). The SMILES string of the molecule is CNC(=O)CC(c1ccccc1F)C(C)(C)C. The summed E-state index contributed by atoms with van der Waals surface area (Å²) in [6.07, 6.45) is 0.306. The van der Waals surface area contributed by atoms with Gasteiger partial charge in [-0.3, -0.25) is 4.79 Å². The Kier molecular flexibility index (Phi) is 4.27. The molecule has 0 heterocycles. The minimum absolute atomic E-state index is 0.0619. The molecule has 1 unspecified atom stereocenters. The molecule has 0 bridgehead atoms. The van der Waals surface area contributed by atoms with Gasteiger partial charge in [0, 0.05) is 19.4 Å². The Hall–Kier alpha value is -1.38. The first kappa shape index (κ1) is 13.7. The van der Waals surface area contributed by atoms with Crippen LogP contribution in [0.25, 0.3) is 0 Å². The third-order valence-corrected chi connectivity index (χ3v) is 2.99. The molecular weight excluding hydrogens is 217 g/mol. The van der Waals surface area contributed by atoms with Gasteiger partial charge in [0.15, 0.2) is 0 Å².